The summed E-state index contributed by atoms with van der Waals surface area (Å²) < 4.78 is 9.38. The number of hydrogen-bond donors (Lipinski definition) is 1. The number of nitrogens with one attached hydrogen (secondary N) is 1. The Morgan fingerprint density at radius 3 is 2.90 bits per heavy atom. The predicted molar refractivity (Wildman–Crippen MR) is 34.7 cm³/mol. The lowest BCUT2D eigenvalue weighted by atomic mass is 10.2. The van der Waals surface area contributed by atoms with Crippen LogP contribution >= 0.6 is 0 Å². The summed E-state index contributed by atoms with van der Waals surface area (Å²) in [5, 5.41) is 2.97. The fraction of sp³-hybridized carbons (Fsp3) is 0.833. The summed E-state index contributed by atoms with van der Waals surface area (Å²) >= 11 is 0. The third-order valence-corrected chi connectivity index (χ3v) is 1.63. The molecule has 1 saturated heterocycles. The highest BCUT2D eigenvalue weighted by atomic mass is 16.8. The Labute approximate surface area is 59.5 Å². The fourth-order valence-electron chi connectivity index (χ4n) is 0.774. The van der Waals surface area contributed by atoms with Gasteiger partial charge in [0, 0.05) is 6.04 Å². The van der Waals surface area contributed by atoms with Crippen LogP contribution in [0.3, 0.4) is 0 Å². The van der Waals surface area contributed by atoms with Gasteiger partial charge in [0.05, 0.1) is 0 Å². The molecule has 0 aliphatic carbocycles. The number of carbonyl (C=O) groups is 1. The van der Waals surface area contributed by atoms with Gasteiger partial charge >= 0.3 is 6.16 Å². The molecule has 0 aromatic rings. The number of hydrogen-bond acceptors (Lipinski definition) is 4. The quantitative estimate of drug-likeness (QED) is 0.561. The van der Waals surface area contributed by atoms with Crippen molar-refractivity contribution in [3.8, 4) is 0 Å². The van der Waals surface area contributed by atoms with Gasteiger partial charge in [0.1, 0.15) is 6.61 Å². The van der Waals surface area contributed by atoms with Crippen molar-refractivity contribution in [1.29, 1.82) is 0 Å². The molecule has 0 spiro atoms. The highest BCUT2D eigenvalue weighted by Gasteiger charge is 2.28. The van der Waals surface area contributed by atoms with Gasteiger partial charge in [-0.15, -0.1) is 0 Å². The summed E-state index contributed by atoms with van der Waals surface area (Å²) in [6.45, 7) is 2.30. The van der Waals surface area contributed by atoms with Gasteiger partial charge in [0.2, 0.25) is 0 Å². The maximum Gasteiger partial charge on any atom is 0.508 e. The molecule has 4 heteroatoms. The highest BCUT2D eigenvalue weighted by Crippen LogP contribution is 2.08. The Kier molecular flexibility index (Phi) is 2.11. The molecule has 1 rings (SSSR count). The molecule has 1 fully saturated rings. The SMILES string of the molecule is CNC(C)C1COC(=O)O1. The van der Waals surface area contributed by atoms with E-state index in [2.05, 4.69) is 10.1 Å². The second kappa shape index (κ2) is 2.88. The van der Waals surface area contributed by atoms with Gasteiger partial charge in [-0.05, 0) is 14.0 Å². The Morgan fingerprint density at radius 2 is 2.50 bits per heavy atom. The lowest BCUT2D eigenvalue weighted by Gasteiger charge is -2.13. The van der Waals surface area contributed by atoms with Crippen molar-refractivity contribution in [2.24, 2.45) is 0 Å². The van der Waals surface area contributed by atoms with Crippen LogP contribution in [0.2, 0.25) is 0 Å². The number of ether oxygens (including phenoxy) is 2. The molecule has 58 valence electrons. The summed E-state index contributed by atoms with van der Waals surface area (Å²) in [4.78, 5) is 10.4. The van der Waals surface area contributed by atoms with Crippen LogP contribution in [0.15, 0.2) is 0 Å². The number of likely N-dealkylation sites (N-methyl/N-ethyl adjacent to an activating group) is 1. The first-order chi connectivity index (χ1) is 4.74. The summed E-state index contributed by atoms with van der Waals surface area (Å²) in [5.41, 5.74) is 0. The minimum absolute atomic E-state index is 0.127. The van der Waals surface area contributed by atoms with Gasteiger partial charge in [-0.3, -0.25) is 0 Å². The first-order valence-electron chi connectivity index (χ1n) is 3.24. The maximum atomic E-state index is 10.4. The van der Waals surface area contributed by atoms with Gasteiger partial charge in [-0.25, -0.2) is 4.79 Å². The van der Waals surface area contributed by atoms with Crippen LogP contribution < -0.4 is 5.32 Å². The Balaban J connectivity index is 2.36. The number of cyclic esters (lactones) is 2. The van der Waals surface area contributed by atoms with Crippen molar-refractivity contribution in [3.05, 3.63) is 0 Å². The molecule has 1 aliphatic rings. The van der Waals surface area contributed by atoms with Gasteiger partial charge in [0.15, 0.2) is 6.10 Å². The van der Waals surface area contributed by atoms with Crippen LogP contribution in [0.1, 0.15) is 6.92 Å². The molecule has 0 amide bonds. The zero-order valence-electron chi connectivity index (χ0n) is 6.09. The van der Waals surface area contributed by atoms with E-state index in [1.807, 2.05) is 14.0 Å². The van der Waals surface area contributed by atoms with E-state index in [1.54, 1.807) is 0 Å². The average Bonchev–Trinajstić information content (AvgIpc) is 2.34. The van der Waals surface area contributed by atoms with Gasteiger partial charge in [0.25, 0.3) is 0 Å². The predicted octanol–water partition coefficient (Wildman–Crippen LogP) is 0.130. The van der Waals surface area contributed by atoms with Crippen molar-refractivity contribution in [2.45, 2.75) is 19.1 Å². The van der Waals surface area contributed by atoms with Crippen molar-refractivity contribution in [3.63, 3.8) is 0 Å². The van der Waals surface area contributed by atoms with Crippen molar-refractivity contribution >= 4 is 6.16 Å². The van der Waals surface area contributed by atoms with E-state index in [1.165, 1.54) is 0 Å². The molecule has 2 atom stereocenters. The molecule has 1 heterocycles. The normalized spacial score (nSPS) is 27.4. The molecular formula is C6H11NO3. The zero-order chi connectivity index (χ0) is 7.56. The van der Waals surface area contributed by atoms with E-state index in [0.717, 1.165) is 0 Å². The van der Waals surface area contributed by atoms with Crippen LogP contribution in [0.4, 0.5) is 4.79 Å². The molecule has 2 unspecified atom stereocenters. The van der Waals surface area contributed by atoms with Crippen LogP contribution in [0.5, 0.6) is 0 Å². The molecule has 0 aromatic carbocycles. The summed E-state index contributed by atoms with van der Waals surface area (Å²) in [5.74, 6) is 0. The van der Waals surface area contributed by atoms with Crippen molar-refractivity contribution in [1.82, 2.24) is 5.32 Å². The lowest BCUT2D eigenvalue weighted by molar-refractivity contribution is 0.109. The van der Waals surface area contributed by atoms with E-state index < -0.39 is 6.16 Å². The standard InChI is InChI=1S/C6H11NO3/c1-4(7-2)5-3-9-6(8)10-5/h4-5,7H,3H2,1-2H3. The molecule has 0 radical (unpaired) electrons. The van der Waals surface area contributed by atoms with Gasteiger partial charge in [-0.2, -0.15) is 0 Å². The van der Waals surface area contributed by atoms with E-state index in [4.69, 9.17) is 4.74 Å². The highest BCUT2D eigenvalue weighted by molar-refractivity contribution is 5.61. The molecule has 1 N–H and O–H groups in total. The molecule has 1 aliphatic heterocycles. The molecule has 0 aromatic heterocycles. The van der Waals surface area contributed by atoms with Crippen LogP contribution in [-0.4, -0.2) is 32.0 Å². The number of rotatable bonds is 2. The smallest absolute Gasteiger partial charge is 0.430 e. The molecule has 0 bridgehead atoms. The lowest BCUT2D eigenvalue weighted by Crippen LogP contribution is -2.36. The maximum absolute atomic E-state index is 10.4. The van der Waals surface area contributed by atoms with E-state index in [9.17, 15) is 4.79 Å². The second-order valence-corrected chi connectivity index (χ2v) is 2.29. The minimum Gasteiger partial charge on any atom is -0.430 e. The van der Waals surface area contributed by atoms with Crippen LogP contribution in [0.25, 0.3) is 0 Å². The van der Waals surface area contributed by atoms with E-state index in [0.29, 0.717) is 6.61 Å². The van der Waals surface area contributed by atoms with Crippen LogP contribution in [0, 0.1) is 0 Å². The average molecular weight is 145 g/mol. The fourth-order valence-corrected chi connectivity index (χ4v) is 0.774. The Hall–Kier alpha value is -0.770. The first kappa shape index (κ1) is 7.34. The number of carbonyl (C=O) groups excluding carboxylic acids is 1. The topological polar surface area (TPSA) is 47.6 Å². The van der Waals surface area contributed by atoms with Crippen LogP contribution in [-0.2, 0) is 9.47 Å². The van der Waals surface area contributed by atoms with Gasteiger partial charge < -0.3 is 14.8 Å². The summed E-state index contributed by atoms with van der Waals surface area (Å²) in [6, 6.07) is 0.159. The van der Waals surface area contributed by atoms with Crippen molar-refractivity contribution in [2.75, 3.05) is 13.7 Å². The van der Waals surface area contributed by atoms with Crippen molar-refractivity contribution < 1.29 is 14.3 Å². The minimum atomic E-state index is -0.563. The largest absolute Gasteiger partial charge is 0.508 e. The molecule has 0 saturated carbocycles. The van der Waals surface area contributed by atoms with E-state index in [-0.39, 0.29) is 12.1 Å². The van der Waals surface area contributed by atoms with Gasteiger partial charge in [-0.1, -0.05) is 0 Å². The zero-order valence-corrected chi connectivity index (χ0v) is 6.09. The summed E-state index contributed by atoms with van der Waals surface area (Å²) in [6.07, 6.45) is -0.690. The molecule has 10 heavy (non-hydrogen) atoms. The molecular weight excluding hydrogens is 134 g/mol. The first-order valence-corrected chi connectivity index (χ1v) is 3.24. The monoisotopic (exact) mass is 145 g/mol. The summed E-state index contributed by atoms with van der Waals surface area (Å²) in [7, 11) is 1.82. The Morgan fingerprint density at radius 1 is 1.80 bits per heavy atom. The third-order valence-electron chi connectivity index (χ3n) is 1.63. The Bertz CT molecular complexity index is 137. The molecule has 4 nitrogen and oxygen atoms in total. The van der Waals surface area contributed by atoms with E-state index >= 15 is 0 Å². The second-order valence-electron chi connectivity index (χ2n) is 2.29. The third kappa shape index (κ3) is 1.39.